The Morgan fingerprint density at radius 2 is 1.69 bits per heavy atom. The molecule has 45 heavy (non-hydrogen) atoms. The van der Waals surface area contributed by atoms with Crippen LogP contribution in [0.3, 0.4) is 0 Å². The van der Waals surface area contributed by atoms with Crippen molar-refractivity contribution in [2.45, 2.75) is 121 Å². The molecule has 4 fully saturated rings. The van der Waals surface area contributed by atoms with E-state index in [-0.39, 0.29) is 46.6 Å². The Kier molecular flexibility index (Phi) is 10.3. The van der Waals surface area contributed by atoms with E-state index in [0.717, 1.165) is 70.6 Å². The van der Waals surface area contributed by atoms with Crippen LogP contribution in [0.5, 0.6) is 0 Å². The van der Waals surface area contributed by atoms with Crippen molar-refractivity contribution >= 4 is 17.7 Å². The number of rotatable bonds is 11. The number of nitrogens with one attached hydrogen (secondary N) is 3. The fourth-order valence-electron chi connectivity index (χ4n) is 8.60. The second-order valence-corrected chi connectivity index (χ2v) is 15.1. The molecule has 5 rings (SSSR count). The first-order valence-electron chi connectivity index (χ1n) is 17.1. The zero-order valence-corrected chi connectivity index (χ0v) is 27.4. The van der Waals surface area contributed by atoms with Gasteiger partial charge in [-0.05, 0) is 114 Å². The number of amides is 3. The van der Waals surface area contributed by atoms with Gasteiger partial charge in [-0.1, -0.05) is 19.8 Å². The molecule has 2 bridgehead atoms. The van der Waals surface area contributed by atoms with E-state index < -0.39 is 11.0 Å². The van der Waals surface area contributed by atoms with E-state index in [1.807, 2.05) is 13.8 Å². The Morgan fingerprint density at radius 3 is 2.38 bits per heavy atom. The van der Waals surface area contributed by atoms with Gasteiger partial charge in [0.1, 0.15) is 17.0 Å². The van der Waals surface area contributed by atoms with Crippen LogP contribution in [0.4, 0.5) is 4.39 Å². The molecule has 1 aromatic rings. The van der Waals surface area contributed by atoms with Gasteiger partial charge in [0.2, 0.25) is 11.8 Å². The topological polar surface area (TPSA) is 132 Å². The van der Waals surface area contributed by atoms with Gasteiger partial charge in [-0.2, -0.15) is 0 Å². The van der Waals surface area contributed by atoms with Crippen LogP contribution in [0, 0.1) is 29.0 Å². The molecular formula is C35H53FN4O5. The SMILES string of the molecule is CCC1CC2(C(=O)NCCCNC(=O)c3ccc(F)cc3)CCCC(C2)[C@]12C[C@]1(CC[C@H](CC(=O)NCC(C)(C)N)CC1)OO2. The average molecular weight is 629 g/mol. The number of carbonyl (C=O) groups excluding carboxylic acids is 3. The van der Waals surface area contributed by atoms with Gasteiger partial charge in [0.25, 0.3) is 5.91 Å². The van der Waals surface area contributed by atoms with Crippen molar-refractivity contribution in [2.75, 3.05) is 19.6 Å². The molecule has 3 saturated carbocycles. The maximum absolute atomic E-state index is 13.7. The van der Waals surface area contributed by atoms with Crippen molar-refractivity contribution in [1.29, 1.82) is 0 Å². The molecule has 1 aliphatic heterocycles. The van der Waals surface area contributed by atoms with E-state index >= 15 is 0 Å². The van der Waals surface area contributed by atoms with Gasteiger partial charge in [-0.15, -0.1) is 0 Å². The monoisotopic (exact) mass is 628 g/mol. The normalized spacial score (nSPS) is 32.8. The smallest absolute Gasteiger partial charge is 0.251 e. The zero-order chi connectivity index (χ0) is 32.3. The first kappa shape index (κ1) is 33.8. The lowest BCUT2D eigenvalue weighted by Gasteiger charge is -2.55. The molecule has 1 heterocycles. The van der Waals surface area contributed by atoms with Crippen LogP contribution in [0.15, 0.2) is 24.3 Å². The molecule has 2 spiro atoms. The summed E-state index contributed by atoms with van der Waals surface area (Å²) in [5.74, 6) is 0.411. The van der Waals surface area contributed by atoms with Crippen LogP contribution in [-0.2, 0) is 19.4 Å². The van der Waals surface area contributed by atoms with Crippen molar-refractivity contribution in [2.24, 2.45) is 28.9 Å². The predicted octanol–water partition coefficient (Wildman–Crippen LogP) is 4.93. The van der Waals surface area contributed by atoms with Crippen LogP contribution in [0.1, 0.15) is 115 Å². The van der Waals surface area contributed by atoms with Crippen LogP contribution in [0.25, 0.3) is 0 Å². The fourth-order valence-corrected chi connectivity index (χ4v) is 8.60. The Balaban J connectivity index is 1.12. The van der Waals surface area contributed by atoms with E-state index in [1.54, 1.807) is 0 Å². The first-order chi connectivity index (χ1) is 21.4. The van der Waals surface area contributed by atoms with E-state index in [1.165, 1.54) is 24.3 Å². The lowest BCUT2D eigenvalue weighted by atomic mass is 9.50. The van der Waals surface area contributed by atoms with Gasteiger partial charge in [0.05, 0.1) is 0 Å². The van der Waals surface area contributed by atoms with Crippen LogP contribution in [0.2, 0.25) is 0 Å². The predicted molar refractivity (Wildman–Crippen MR) is 169 cm³/mol. The van der Waals surface area contributed by atoms with Gasteiger partial charge in [0, 0.05) is 49.0 Å². The second-order valence-electron chi connectivity index (χ2n) is 15.1. The van der Waals surface area contributed by atoms with E-state index in [9.17, 15) is 18.8 Å². The summed E-state index contributed by atoms with van der Waals surface area (Å²) in [4.78, 5) is 51.3. The molecule has 3 amide bonds. The molecule has 3 unspecified atom stereocenters. The van der Waals surface area contributed by atoms with Crippen LogP contribution in [-0.4, -0.2) is 54.1 Å². The highest BCUT2D eigenvalue weighted by Gasteiger charge is 2.65. The number of hydrogen-bond donors (Lipinski definition) is 4. The Hall–Kier alpha value is -2.56. The molecule has 0 radical (unpaired) electrons. The lowest BCUT2D eigenvalue weighted by Crippen LogP contribution is -2.59. The highest BCUT2D eigenvalue weighted by molar-refractivity contribution is 5.94. The summed E-state index contributed by atoms with van der Waals surface area (Å²) in [6.45, 7) is 7.41. The average Bonchev–Trinajstić information content (AvgIpc) is 3.39. The third-order valence-corrected chi connectivity index (χ3v) is 11.1. The number of benzene rings is 1. The molecule has 3 aliphatic carbocycles. The van der Waals surface area contributed by atoms with E-state index in [4.69, 9.17) is 15.5 Å². The largest absolute Gasteiger partial charge is 0.356 e. The third-order valence-electron chi connectivity index (χ3n) is 11.1. The fraction of sp³-hybridized carbons (Fsp3) is 0.743. The molecule has 4 atom stereocenters. The highest BCUT2D eigenvalue weighted by atomic mass is 19.1. The third kappa shape index (κ3) is 7.71. The summed E-state index contributed by atoms with van der Waals surface area (Å²) in [6, 6.07) is 5.46. The van der Waals surface area contributed by atoms with E-state index in [2.05, 4.69) is 22.9 Å². The Morgan fingerprint density at radius 1 is 0.978 bits per heavy atom. The summed E-state index contributed by atoms with van der Waals surface area (Å²) >= 11 is 0. The molecule has 5 N–H and O–H groups in total. The lowest BCUT2D eigenvalue weighted by molar-refractivity contribution is -0.380. The molecule has 10 heteroatoms. The molecule has 250 valence electrons. The minimum atomic E-state index is -0.422. The number of fused-ring (bicyclic) bond motifs is 3. The van der Waals surface area contributed by atoms with Crippen LogP contribution < -0.4 is 21.7 Å². The molecule has 1 aromatic carbocycles. The van der Waals surface area contributed by atoms with Gasteiger partial charge >= 0.3 is 0 Å². The van der Waals surface area contributed by atoms with Gasteiger partial charge in [-0.3, -0.25) is 14.4 Å². The maximum atomic E-state index is 13.7. The maximum Gasteiger partial charge on any atom is 0.251 e. The quantitative estimate of drug-likeness (QED) is 0.203. The molecule has 9 nitrogen and oxygen atoms in total. The van der Waals surface area contributed by atoms with Crippen molar-refractivity contribution in [1.82, 2.24) is 16.0 Å². The minimum absolute atomic E-state index is 0.0689. The van der Waals surface area contributed by atoms with Crippen molar-refractivity contribution in [3.05, 3.63) is 35.6 Å². The summed E-state index contributed by atoms with van der Waals surface area (Å²) in [7, 11) is 0. The summed E-state index contributed by atoms with van der Waals surface area (Å²) in [5, 5.41) is 9.01. The van der Waals surface area contributed by atoms with Crippen molar-refractivity contribution < 1.29 is 28.5 Å². The summed E-state index contributed by atoms with van der Waals surface area (Å²) in [5.41, 5.74) is 4.95. The van der Waals surface area contributed by atoms with Gasteiger partial charge in [-0.25, -0.2) is 14.2 Å². The Labute approximate surface area is 267 Å². The number of carbonyl (C=O) groups is 3. The van der Waals surface area contributed by atoms with Gasteiger partial charge < -0.3 is 21.7 Å². The molecule has 4 aliphatic rings. The molecule has 1 saturated heterocycles. The number of nitrogens with two attached hydrogens (primary N) is 1. The van der Waals surface area contributed by atoms with Crippen molar-refractivity contribution in [3.8, 4) is 0 Å². The molecule has 0 aromatic heterocycles. The van der Waals surface area contributed by atoms with Crippen molar-refractivity contribution in [3.63, 3.8) is 0 Å². The first-order valence-corrected chi connectivity index (χ1v) is 17.1. The summed E-state index contributed by atoms with van der Waals surface area (Å²) < 4.78 is 13.1. The Bertz CT molecular complexity index is 1210. The van der Waals surface area contributed by atoms with Crippen LogP contribution >= 0.6 is 0 Å². The molecular weight excluding hydrogens is 575 g/mol. The standard InChI is InChI=1S/C35H53FN4O5/c1-4-26-20-33(31(43)39-18-6-17-38-30(42)25-8-10-28(36)11-9-25)14-5-7-27(21-33)35(26)22-34(44-45-35)15-12-24(13-16-34)19-29(41)40-23-32(2,3)37/h8-11,24,26-27H,4-7,12-23,37H2,1-3H3,(H,38,42)(H,39,43)(H,40,41)/t24-,26?,27?,33?,34+,35-/m0/s1. The minimum Gasteiger partial charge on any atom is -0.356 e. The van der Waals surface area contributed by atoms with E-state index in [0.29, 0.717) is 44.0 Å². The zero-order valence-electron chi connectivity index (χ0n) is 27.4. The number of halogens is 1. The summed E-state index contributed by atoms with van der Waals surface area (Å²) in [6.07, 6.45) is 11.1. The number of hydrogen-bond acceptors (Lipinski definition) is 6. The van der Waals surface area contributed by atoms with Gasteiger partial charge in [0.15, 0.2) is 0 Å². The second kappa shape index (κ2) is 13.7. The highest BCUT2D eigenvalue weighted by Crippen LogP contribution is 2.63.